The van der Waals surface area contributed by atoms with E-state index in [1.165, 1.54) is 6.82 Å². The molecule has 0 bridgehead atoms. The summed E-state index contributed by atoms with van der Waals surface area (Å²) in [4.78, 5) is 10.6. The molecule has 0 aromatic heterocycles. The van der Waals surface area contributed by atoms with Gasteiger partial charge < -0.3 is 10.0 Å². The molecule has 70 valence electrons. The van der Waals surface area contributed by atoms with Gasteiger partial charge in [0.2, 0.25) is 0 Å². The minimum atomic E-state index is -1.17. The van der Waals surface area contributed by atoms with E-state index in [4.69, 9.17) is 10.0 Å². The van der Waals surface area contributed by atoms with Crippen LogP contribution in [0.2, 0.25) is 6.82 Å². The van der Waals surface area contributed by atoms with Crippen molar-refractivity contribution in [1.29, 1.82) is 0 Å². The molecular weight excluding hydrogens is 167 g/mol. The minimum Gasteiger partial charge on any atom is -0.427 e. The predicted octanol–water partition coefficient (Wildman–Crippen LogP) is 0.978. The SMILES string of the molecule is CB(O)O.CC(=O)c1ccccc1. The fourth-order valence-electron chi connectivity index (χ4n) is 0.673. The summed E-state index contributed by atoms with van der Waals surface area (Å²) in [6, 6.07) is 9.23. The number of Topliss-reactive ketones (excluding diaryl/α,β-unsaturated/α-hetero) is 1. The zero-order valence-corrected chi connectivity index (χ0v) is 7.77. The molecule has 2 N–H and O–H groups in total. The fourth-order valence-corrected chi connectivity index (χ4v) is 0.673. The van der Waals surface area contributed by atoms with E-state index in [1.54, 1.807) is 6.92 Å². The maximum Gasteiger partial charge on any atom is 0.448 e. The van der Waals surface area contributed by atoms with E-state index in [0.717, 1.165) is 5.56 Å². The Morgan fingerprint density at radius 1 is 1.23 bits per heavy atom. The van der Waals surface area contributed by atoms with E-state index >= 15 is 0 Å². The lowest BCUT2D eigenvalue weighted by atomic mass is 9.99. The Morgan fingerprint density at radius 2 is 1.62 bits per heavy atom. The van der Waals surface area contributed by atoms with Gasteiger partial charge in [0.25, 0.3) is 0 Å². The molecule has 1 aromatic carbocycles. The van der Waals surface area contributed by atoms with Crippen molar-refractivity contribution in [1.82, 2.24) is 0 Å². The number of benzene rings is 1. The van der Waals surface area contributed by atoms with E-state index in [0.29, 0.717) is 0 Å². The average Bonchev–Trinajstić information content (AvgIpc) is 2.05. The van der Waals surface area contributed by atoms with Crippen LogP contribution in [-0.4, -0.2) is 22.9 Å². The first-order valence-corrected chi connectivity index (χ1v) is 3.96. The second kappa shape index (κ2) is 6.40. The predicted molar refractivity (Wildman–Crippen MR) is 52.5 cm³/mol. The van der Waals surface area contributed by atoms with Crippen molar-refractivity contribution in [2.45, 2.75) is 13.7 Å². The van der Waals surface area contributed by atoms with Crippen LogP contribution in [0.15, 0.2) is 30.3 Å². The number of carbonyl (C=O) groups is 1. The third-order valence-electron chi connectivity index (χ3n) is 1.18. The van der Waals surface area contributed by atoms with Gasteiger partial charge in [-0.3, -0.25) is 4.79 Å². The van der Waals surface area contributed by atoms with Crippen molar-refractivity contribution in [3.8, 4) is 0 Å². The van der Waals surface area contributed by atoms with Gasteiger partial charge in [0.1, 0.15) is 0 Å². The highest BCUT2D eigenvalue weighted by molar-refractivity contribution is 6.38. The molecule has 0 unspecified atom stereocenters. The monoisotopic (exact) mass is 180 g/mol. The van der Waals surface area contributed by atoms with E-state index in [2.05, 4.69) is 0 Å². The Morgan fingerprint density at radius 3 is 1.85 bits per heavy atom. The normalized spacial score (nSPS) is 8.31. The summed E-state index contributed by atoms with van der Waals surface area (Å²) in [7, 11) is -1.17. The lowest BCUT2D eigenvalue weighted by Crippen LogP contribution is -2.00. The maximum absolute atomic E-state index is 10.6. The van der Waals surface area contributed by atoms with Crippen LogP contribution < -0.4 is 0 Å². The minimum absolute atomic E-state index is 0.121. The smallest absolute Gasteiger partial charge is 0.427 e. The van der Waals surface area contributed by atoms with E-state index in [9.17, 15) is 4.79 Å². The van der Waals surface area contributed by atoms with Gasteiger partial charge in [-0.2, -0.15) is 0 Å². The Bertz CT molecular complexity index is 244. The van der Waals surface area contributed by atoms with Gasteiger partial charge in [-0.05, 0) is 13.7 Å². The van der Waals surface area contributed by atoms with Crippen LogP contribution in [0.1, 0.15) is 17.3 Å². The molecule has 1 rings (SSSR count). The van der Waals surface area contributed by atoms with Crippen LogP contribution in [0.3, 0.4) is 0 Å². The summed E-state index contributed by atoms with van der Waals surface area (Å²) >= 11 is 0. The highest BCUT2D eigenvalue weighted by Crippen LogP contribution is 1.97. The average molecular weight is 180 g/mol. The Labute approximate surface area is 78.2 Å². The summed E-state index contributed by atoms with van der Waals surface area (Å²) in [5.74, 6) is 0.121. The Balaban J connectivity index is 0.000000310. The first-order valence-electron chi connectivity index (χ1n) is 3.96. The Hall–Kier alpha value is -1.13. The molecule has 1 aromatic rings. The molecule has 0 saturated heterocycles. The first kappa shape index (κ1) is 11.9. The standard InChI is InChI=1S/C8H8O.CH5BO2/c1-7(9)8-5-3-2-4-6-8;1-2(3)4/h2-6H,1H3;3-4H,1H3. The molecule has 0 radical (unpaired) electrons. The number of carbonyl (C=O) groups excluding carboxylic acids is 1. The van der Waals surface area contributed by atoms with Gasteiger partial charge in [0.15, 0.2) is 5.78 Å². The van der Waals surface area contributed by atoms with Gasteiger partial charge in [-0.25, -0.2) is 0 Å². The summed E-state index contributed by atoms with van der Waals surface area (Å²) in [6.07, 6.45) is 0. The number of rotatable bonds is 1. The summed E-state index contributed by atoms with van der Waals surface area (Å²) in [5, 5.41) is 15.2. The van der Waals surface area contributed by atoms with Gasteiger partial charge in [0, 0.05) is 5.56 Å². The van der Waals surface area contributed by atoms with Crippen molar-refractivity contribution in [3.05, 3.63) is 35.9 Å². The highest BCUT2D eigenvalue weighted by atomic mass is 16.4. The Kier molecular flexibility index (Phi) is 5.84. The van der Waals surface area contributed by atoms with E-state index < -0.39 is 7.12 Å². The molecule has 0 aliphatic carbocycles. The molecule has 0 heterocycles. The van der Waals surface area contributed by atoms with Gasteiger partial charge in [0.05, 0.1) is 0 Å². The summed E-state index contributed by atoms with van der Waals surface area (Å²) in [6.45, 7) is 2.84. The number of hydrogen-bond donors (Lipinski definition) is 2. The zero-order chi connectivity index (χ0) is 10.3. The lowest BCUT2D eigenvalue weighted by molar-refractivity contribution is 0.101. The maximum atomic E-state index is 10.6. The van der Waals surface area contributed by atoms with Crippen LogP contribution >= 0.6 is 0 Å². The third kappa shape index (κ3) is 7.24. The quantitative estimate of drug-likeness (QED) is 0.500. The van der Waals surface area contributed by atoms with Gasteiger partial charge >= 0.3 is 7.12 Å². The van der Waals surface area contributed by atoms with Crippen LogP contribution in [-0.2, 0) is 0 Å². The van der Waals surface area contributed by atoms with Crippen molar-refractivity contribution in [3.63, 3.8) is 0 Å². The van der Waals surface area contributed by atoms with Crippen LogP contribution in [0.5, 0.6) is 0 Å². The highest BCUT2D eigenvalue weighted by Gasteiger charge is 1.92. The largest absolute Gasteiger partial charge is 0.448 e. The van der Waals surface area contributed by atoms with Crippen molar-refractivity contribution < 1.29 is 14.8 Å². The molecular formula is C9H13BO3. The van der Waals surface area contributed by atoms with E-state index in [-0.39, 0.29) is 5.78 Å². The topological polar surface area (TPSA) is 57.5 Å². The molecule has 0 aliphatic rings. The molecule has 3 nitrogen and oxygen atoms in total. The lowest BCUT2D eigenvalue weighted by Gasteiger charge is -1.89. The second-order valence-corrected chi connectivity index (χ2v) is 2.55. The molecule has 0 saturated carbocycles. The van der Waals surface area contributed by atoms with Crippen molar-refractivity contribution in [2.24, 2.45) is 0 Å². The molecule has 0 amide bonds. The summed E-state index contributed by atoms with van der Waals surface area (Å²) in [5.41, 5.74) is 0.775. The van der Waals surface area contributed by atoms with E-state index in [1.807, 2.05) is 30.3 Å². The molecule has 0 aliphatic heterocycles. The van der Waals surface area contributed by atoms with Crippen LogP contribution in [0, 0.1) is 0 Å². The van der Waals surface area contributed by atoms with Crippen LogP contribution in [0.4, 0.5) is 0 Å². The molecule has 0 fully saturated rings. The summed E-state index contributed by atoms with van der Waals surface area (Å²) < 4.78 is 0. The molecule has 0 atom stereocenters. The van der Waals surface area contributed by atoms with Crippen molar-refractivity contribution >= 4 is 12.9 Å². The number of ketones is 1. The molecule has 0 spiro atoms. The third-order valence-corrected chi connectivity index (χ3v) is 1.18. The number of hydrogen-bond acceptors (Lipinski definition) is 3. The van der Waals surface area contributed by atoms with Crippen molar-refractivity contribution in [2.75, 3.05) is 0 Å². The first-order chi connectivity index (χ1) is 6.04. The molecule has 13 heavy (non-hydrogen) atoms. The second-order valence-electron chi connectivity index (χ2n) is 2.55. The fraction of sp³-hybridized carbons (Fsp3) is 0.222. The zero-order valence-electron chi connectivity index (χ0n) is 7.77. The van der Waals surface area contributed by atoms with Gasteiger partial charge in [-0.15, -0.1) is 0 Å². The van der Waals surface area contributed by atoms with Gasteiger partial charge in [-0.1, -0.05) is 30.3 Å². The molecule has 4 heteroatoms. The van der Waals surface area contributed by atoms with Crippen LogP contribution in [0.25, 0.3) is 0 Å².